The first-order valence-electron chi connectivity index (χ1n) is 6.74. The predicted octanol–water partition coefficient (Wildman–Crippen LogP) is 3.03. The molecule has 2 heterocycles. The predicted molar refractivity (Wildman–Crippen MR) is 89.2 cm³/mol. The molecule has 0 amide bonds. The van der Waals surface area contributed by atoms with E-state index in [2.05, 4.69) is 15.0 Å². The third kappa shape index (κ3) is 2.83. The van der Waals surface area contributed by atoms with Gasteiger partial charge >= 0.3 is 0 Å². The molecule has 0 radical (unpaired) electrons. The van der Waals surface area contributed by atoms with Gasteiger partial charge in [0, 0.05) is 17.3 Å². The fourth-order valence-corrected chi connectivity index (χ4v) is 2.32. The fourth-order valence-electron chi connectivity index (χ4n) is 2.21. The highest BCUT2D eigenvalue weighted by atomic mass is 35.5. The zero-order chi connectivity index (χ0) is 17.3. The van der Waals surface area contributed by atoms with Gasteiger partial charge in [-0.2, -0.15) is 10.2 Å². The number of halogens is 2. The minimum atomic E-state index is -0.596. The van der Waals surface area contributed by atoms with Crippen molar-refractivity contribution in [3.63, 3.8) is 0 Å². The molecule has 24 heavy (non-hydrogen) atoms. The van der Waals surface area contributed by atoms with E-state index in [1.165, 1.54) is 12.3 Å². The smallest absolute Gasteiger partial charge is 0.222 e. The topological polar surface area (TPSA) is 114 Å². The number of rotatable bonds is 2. The zero-order valence-corrected chi connectivity index (χ0v) is 12.9. The zero-order valence-electron chi connectivity index (χ0n) is 12.2. The molecule has 0 aliphatic rings. The molecule has 0 unspecified atom stereocenters. The van der Waals surface area contributed by atoms with Gasteiger partial charge in [0.05, 0.1) is 5.69 Å². The van der Waals surface area contributed by atoms with E-state index in [-0.39, 0.29) is 22.5 Å². The second-order valence-electron chi connectivity index (χ2n) is 4.88. The Morgan fingerprint density at radius 3 is 2.33 bits per heavy atom. The molecule has 0 bridgehead atoms. The van der Waals surface area contributed by atoms with Crippen LogP contribution in [0.1, 0.15) is 5.56 Å². The molecule has 2 aromatic heterocycles. The largest absolute Gasteiger partial charge is 0.382 e. The van der Waals surface area contributed by atoms with Crippen LogP contribution >= 0.6 is 11.6 Å². The van der Waals surface area contributed by atoms with Crippen molar-refractivity contribution in [1.82, 2.24) is 15.0 Å². The second-order valence-corrected chi connectivity index (χ2v) is 5.23. The number of pyridine rings is 1. The molecule has 8 heteroatoms. The van der Waals surface area contributed by atoms with Gasteiger partial charge in [0.2, 0.25) is 5.95 Å². The average molecular weight is 341 g/mol. The number of nitrogens with two attached hydrogens (primary N) is 2. The summed E-state index contributed by atoms with van der Waals surface area (Å²) < 4.78 is 13.5. The summed E-state index contributed by atoms with van der Waals surface area (Å²) in [6, 6.07) is 10.2. The highest BCUT2D eigenvalue weighted by molar-refractivity contribution is 6.29. The number of nitrogens with zero attached hydrogens (tertiary/aromatic N) is 4. The van der Waals surface area contributed by atoms with E-state index in [9.17, 15) is 9.65 Å². The van der Waals surface area contributed by atoms with Gasteiger partial charge in [0.15, 0.2) is 11.0 Å². The second kappa shape index (κ2) is 6.10. The monoisotopic (exact) mass is 340 g/mol. The van der Waals surface area contributed by atoms with Gasteiger partial charge in [-0.3, -0.25) is 0 Å². The van der Waals surface area contributed by atoms with Crippen molar-refractivity contribution in [2.24, 2.45) is 0 Å². The SMILES string of the molecule is N#Cc1c(N)nc(N)nc1-c1ccc(-c2cnc(Cl)c(F)c2)cc1. The molecule has 0 saturated heterocycles. The van der Waals surface area contributed by atoms with Crippen molar-refractivity contribution in [1.29, 1.82) is 5.26 Å². The highest BCUT2D eigenvalue weighted by Crippen LogP contribution is 2.28. The van der Waals surface area contributed by atoms with Crippen LogP contribution in [0.5, 0.6) is 0 Å². The van der Waals surface area contributed by atoms with Crippen LogP contribution in [0.4, 0.5) is 16.2 Å². The van der Waals surface area contributed by atoms with E-state index < -0.39 is 5.82 Å². The normalized spacial score (nSPS) is 10.4. The van der Waals surface area contributed by atoms with Crippen LogP contribution in [0.15, 0.2) is 36.5 Å². The molecule has 0 atom stereocenters. The number of hydrogen-bond acceptors (Lipinski definition) is 6. The third-order valence-corrected chi connectivity index (χ3v) is 3.63. The van der Waals surface area contributed by atoms with Crippen molar-refractivity contribution in [3.8, 4) is 28.5 Å². The minimum absolute atomic E-state index is 0.0189. The molecule has 1 aromatic carbocycles. The standard InChI is InChI=1S/C16H10ClFN6/c17-14-12(18)5-10(7-22-14)8-1-3-9(4-2-8)13-11(6-19)15(20)24-16(21)23-13/h1-5,7H,(H4,20,21,23,24). The molecule has 3 rings (SSSR count). The number of benzene rings is 1. The van der Waals surface area contributed by atoms with Crippen LogP contribution in [0, 0.1) is 17.1 Å². The molecule has 0 saturated carbocycles. The van der Waals surface area contributed by atoms with E-state index in [0.29, 0.717) is 16.8 Å². The number of nitrogen functional groups attached to an aromatic ring is 2. The number of anilines is 2. The lowest BCUT2D eigenvalue weighted by atomic mass is 10.0. The van der Waals surface area contributed by atoms with Crippen LogP contribution in [-0.4, -0.2) is 15.0 Å². The maximum atomic E-state index is 13.5. The third-order valence-electron chi connectivity index (χ3n) is 3.35. The molecule has 6 nitrogen and oxygen atoms in total. The van der Waals surface area contributed by atoms with Crippen LogP contribution in [0.3, 0.4) is 0 Å². The van der Waals surface area contributed by atoms with Gasteiger partial charge in [0.25, 0.3) is 0 Å². The minimum Gasteiger partial charge on any atom is -0.382 e. The Morgan fingerprint density at radius 1 is 1.04 bits per heavy atom. The highest BCUT2D eigenvalue weighted by Gasteiger charge is 2.13. The lowest BCUT2D eigenvalue weighted by Gasteiger charge is -2.08. The summed E-state index contributed by atoms with van der Waals surface area (Å²) in [5.74, 6) is -0.594. The Labute approximate surface area is 141 Å². The van der Waals surface area contributed by atoms with E-state index >= 15 is 0 Å². The fraction of sp³-hybridized carbons (Fsp3) is 0. The molecule has 0 aliphatic heterocycles. The van der Waals surface area contributed by atoms with Crippen molar-refractivity contribution in [3.05, 3.63) is 53.1 Å². The summed E-state index contributed by atoms with van der Waals surface area (Å²) in [6.45, 7) is 0. The molecule has 0 aliphatic carbocycles. The van der Waals surface area contributed by atoms with Crippen LogP contribution in [0.2, 0.25) is 5.15 Å². The maximum absolute atomic E-state index is 13.5. The van der Waals surface area contributed by atoms with Gasteiger partial charge in [-0.1, -0.05) is 35.9 Å². The lowest BCUT2D eigenvalue weighted by molar-refractivity contribution is 0.622. The summed E-state index contributed by atoms with van der Waals surface area (Å²) in [4.78, 5) is 11.6. The van der Waals surface area contributed by atoms with Gasteiger partial charge in [-0.05, 0) is 11.6 Å². The summed E-state index contributed by atoms with van der Waals surface area (Å²) >= 11 is 5.58. The summed E-state index contributed by atoms with van der Waals surface area (Å²) in [6.07, 6.45) is 1.47. The Hall–Kier alpha value is -3.24. The van der Waals surface area contributed by atoms with Gasteiger partial charge in [-0.15, -0.1) is 0 Å². The average Bonchev–Trinajstić information content (AvgIpc) is 2.57. The Bertz CT molecular complexity index is 966. The summed E-state index contributed by atoms with van der Waals surface area (Å²) in [7, 11) is 0. The molecule has 3 aromatic rings. The number of nitriles is 1. The molecule has 4 N–H and O–H groups in total. The van der Waals surface area contributed by atoms with E-state index in [4.69, 9.17) is 23.1 Å². The Kier molecular flexibility index (Phi) is 3.98. The van der Waals surface area contributed by atoms with E-state index in [0.717, 1.165) is 5.56 Å². The quantitative estimate of drug-likeness (QED) is 0.693. The molecule has 0 spiro atoms. The lowest BCUT2D eigenvalue weighted by Crippen LogP contribution is -2.04. The molecular weight excluding hydrogens is 331 g/mol. The number of aromatic nitrogens is 3. The van der Waals surface area contributed by atoms with Crippen LogP contribution < -0.4 is 11.5 Å². The van der Waals surface area contributed by atoms with Crippen molar-refractivity contribution in [2.45, 2.75) is 0 Å². The van der Waals surface area contributed by atoms with Crippen molar-refractivity contribution < 1.29 is 4.39 Å². The first-order valence-corrected chi connectivity index (χ1v) is 7.12. The van der Waals surface area contributed by atoms with Crippen LogP contribution in [-0.2, 0) is 0 Å². The van der Waals surface area contributed by atoms with Crippen molar-refractivity contribution in [2.75, 3.05) is 11.5 Å². The van der Waals surface area contributed by atoms with Gasteiger partial charge in [0.1, 0.15) is 17.5 Å². The Morgan fingerprint density at radius 2 is 1.71 bits per heavy atom. The van der Waals surface area contributed by atoms with Crippen LogP contribution in [0.25, 0.3) is 22.4 Å². The molecule has 118 valence electrons. The van der Waals surface area contributed by atoms with Gasteiger partial charge in [-0.25, -0.2) is 14.4 Å². The van der Waals surface area contributed by atoms with Gasteiger partial charge < -0.3 is 11.5 Å². The summed E-state index contributed by atoms with van der Waals surface area (Å²) in [5.41, 5.74) is 13.7. The summed E-state index contributed by atoms with van der Waals surface area (Å²) in [5, 5.41) is 9.05. The molecule has 0 fully saturated rings. The maximum Gasteiger partial charge on any atom is 0.222 e. The first kappa shape index (κ1) is 15.6. The Balaban J connectivity index is 2.04. The first-order chi connectivity index (χ1) is 11.5. The van der Waals surface area contributed by atoms with E-state index in [1.807, 2.05) is 6.07 Å². The number of hydrogen-bond donors (Lipinski definition) is 2. The van der Waals surface area contributed by atoms with Crippen molar-refractivity contribution >= 4 is 23.4 Å². The van der Waals surface area contributed by atoms with E-state index in [1.54, 1.807) is 24.3 Å². The molecular formula is C16H10ClFN6.